The molecule has 1 aromatic rings. The van der Waals surface area contributed by atoms with Crippen LogP contribution in [0.4, 0.5) is 0 Å². The predicted molar refractivity (Wildman–Crippen MR) is 102 cm³/mol. The van der Waals surface area contributed by atoms with Crippen molar-refractivity contribution in [2.45, 2.75) is 32.2 Å². The largest absolute Gasteiger partial charge is 0.598 e. The minimum Gasteiger partial charge on any atom is -0.598 e. The molecule has 0 N–H and O–H groups in total. The normalized spacial score (nSPS) is 30.8. The number of hydrogen-bond donors (Lipinski definition) is 0. The predicted octanol–water partition coefficient (Wildman–Crippen LogP) is 2.34. The second kappa shape index (κ2) is 7.32. The molecule has 0 bridgehead atoms. The van der Waals surface area contributed by atoms with Gasteiger partial charge >= 0.3 is 0 Å². The molecule has 5 nitrogen and oxygen atoms in total. The minimum atomic E-state index is -3.20. The van der Waals surface area contributed by atoms with Crippen molar-refractivity contribution < 1.29 is 13.5 Å². The number of likely N-dealkylation sites (tertiary alicyclic amines) is 1. The molecular formula is C20H30N2O3S. The van der Waals surface area contributed by atoms with E-state index in [0.717, 1.165) is 70.0 Å². The molecule has 0 saturated carbocycles. The third-order valence-corrected chi connectivity index (χ3v) is 7.58. The fourth-order valence-corrected chi connectivity index (χ4v) is 5.83. The summed E-state index contributed by atoms with van der Waals surface area (Å²) in [6.45, 7) is 6.15. The molecule has 4 rings (SSSR count). The van der Waals surface area contributed by atoms with Crippen LogP contribution in [0.2, 0.25) is 0 Å². The lowest BCUT2D eigenvalue weighted by atomic mass is 9.80. The Morgan fingerprint density at radius 2 is 1.96 bits per heavy atom. The molecule has 0 amide bonds. The van der Waals surface area contributed by atoms with Gasteiger partial charge in [-0.3, -0.25) is 0 Å². The van der Waals surface area contributed by atoms with Crippen molar-refractivity contribution in [1.29, 1.82) is 0 Å². The standard InChI is InChI=1S/C20H30N2O3S/c1-26(23,24)22-14-19-5-3-2-4-18(19)12-20(16-22)8-9-21(15-20)13-17-6-10-25-11-7-17/h2-5,17H,6-16H2,1H3. The zero-order valence-corrected chi connectivity index (χ0v) is 16.5. The van der Waals surface area contributed by atoms with Gasteiger partial charge in [-0.2, -0.15) is 0 Å². The third kappa shape index (κ3) is 4.04. The Hall–Kier alpha value is -0.790. The molecule has 2 atom stereocenters. The van der Waals surface area contributed by atoms with E-state index in [1.54, 1.807) is 4.31 Å². The summed E-state index contributed by atoms with van der Waals surface area (Å²) in [6.07, 6.45) is 5.73. The second-order valence-corrected chi connectivity index (χ2v) is 10.5. The maximum Gasteiger partial charge on any atom is 0.122 e. The fourth-order valence-electron chi connectivity index (χ4n) is 4.95. The van der Waals surface area contributed by atoms with Gasteiger partial charge in [-0.15, -0.1) is 4.31 Å². The highest BCUT2D eigenvalue weighted by molar-refractivity contribution is 7.94. The molecule has 1 aromatic carbocycles. The first-order chi connectivity index (χ1) is 12.4. The molecule has 26 heavy (non-hydrogen) atoms. The van der Waals surface area contributed by atoms with Crippen LogP contribution in [0.25, 0.3) is 0 Å². The second-order valence-electron chi connectivity index (χ2n) is 8.52. The van der Waals surface area contributed by atoms with Crippen molar-refractivity contribution in [3.05, 3.63) is 35.4 Å². The molecule has 2 saturated heterocycles. The minimum absolute atomic E-state index is 0.0425. The first-order valence-corrected chi connectivity index (χ1v) is 11.6. The summed E-state index contributed by atoms with van der Waals surface area (Å²) in [5.41, 5.74) is 2.53. The van der Waals surface area contributed by atoms with Gasteiger partial charge in [0.15, 0.2) is 0 Å². The molecular weight excluding hydrogens is 348 g/mol. The monoisotopic (exact) mass is 378 g/mol. The average molecular weight is 379 g/mol. The summed E-state index contributed by atoms with van der Waals surface area (Å²) >= 11 is 0. The average Bonchev–Trinajstić information content (AvgIpc) is 2.89. The SMILES string of the molecule is C[S+](=O)([O-])N1Cc2ccccc2CC2(CCN(CC3CCOCC3)C2)C1. The number of nitrogens with zero attached hydrogens (tertiary/aromatic N) is 2. The lowest BCUT2D eigenvalue weighted by Crippen LogP contribution is -2.44. The maximum atomic E-state index is 12.4. The van der Waals surface area contributed by atoms with Crippen LogP contribution in [0.5, 0.6) is 0 Å². The number of sulfonamides is 1. The van der Waals surface area contributed by atoms with Gasteiger partial charge in [0.25, 0.3) is 0 Å². The molecule has 3 aliphatic rings. The zero-order valence-electron chi connectivity index (χ0n) is 15.7. The molecule has 0 aromatic heterocycles. The lowest BCUT2D eigenvalue weighted by Gasteiger charge is -2.34. The number of hydrogen-bond acceptors (Lipinski definition) is 4. The Bertz CT molecular complexity index is 685. The van der Waals surface area contributed by atoms with E-state index in [0.29, 0.717) is 13.1 Å². The quantitative estimate of drug-likeness (QED) is 0.758. The molecule has 0 radical (unpaired) electrons. The Labute approximate surface area is 158 Å². The topological polar surface area (TPSA) is 55.8 Å². The summed E-state index contributed by atoms with van der Waals surface area (Å²) in [5, 5.41) is 0. The van der Waals surface area contributed by atoms with Crippen molar-refractivity contribution in [3.63, 3.8) is 0 Å². The van der Waals surface area contributed by atoms with Crippen LogP contribution in [0.3, 0.4) is 0 Å². The summed E-state index contributed by atoms with van der Waals surface area (Å²) in [5.74, 6) is 0.725. The van der Waals surface area contributed by atoms with Gasteiger partial charge < -0.3 is 14.2 Å². The van der Waals surface area contributed by atoms with Gasteiger partial charge in [-0.05, 0) is 49.3 Å². The van der Waals surface area contributed by atoms with Crippen LogP contribution in [0, 0.1) is 11.3 Å². The van der Waals surface area contributed by atoms with Crippen LogP contribution in [-0.2, 0) is 32.3 Å². The van der Waals surface area contributed by atoms with Crippen LogP contribution in [-0.4, -0.2) is 59.4 Å². The summed E-state index contributed by atoms with van der Waals surface area (Å²) in [6, 6.07) is 8.37. The lowest BCUT2D eigenvalue weighted by molar-refractivity contribution is 0.0536. The molecule has 6 heteroatoms. The number of ether oxygens (including phenoxy) is 1. The van der Waals surface area contributed by atoms with Crippen LogP contribution >= 0.6 is 0 Å². The third-order valence-electron chi connectivity index (χ3n) is 6.39. The van der Waals surface area contributed by atoms with Gasteiger partial charge in [0.2, 0.25) is 0 Å². The highest BCUT2D eigenvalue weighted by Gasteiger charge is 2.45. The van der Waals surface area contributed by atoms with Crippen LogP contribution in [0.1, 0.15) is 30.4 Å². The number of benzene rings is 1. The molecule has 0 aliphatic carbocycles. The Morgan fingerprint density at radius 3 is 2.69 bits per heavy atom. The highest BCUT2D eigenvalue weighted by Crippen LogP contribution is 2.40. The van der Waals surface area contributed by atoms with Crippen molar-refractivity contribution in [1.82, 2.24) is 9.21 Å². The summed E-state index contributed by atoms with van der Waals surface area (Å²) in [7, 11) is -3.20. The van der Waals surface area contributed by atoms with E-state index >= 15 is 0 Å². The van der Waals surface area contributed by atoms with Crippen LogP contribution in [0.15, 0.2) is 24.3 Å². The van der Waals surface area contributed by atoms with E-state index < -0.39 is 10.4 Å². The van der Waals surface area contributed by atoms with E-state index in [1.165, 1.54) is 11.8 Å². The molecule has 144 valence electrons. The van der Waals surface area contributed by atoms with Gasteiger partial charge in [-0.25, -0.2) is 0 Å². The summed E-state index contributed by atoms with van der Waals surface area (Å²) in [4.78, 5) is 2.57. The molecule has 3 heterocycles. The Morgan fingerprint density at radius 1 is 1.23 bits per heavy atom. The Balaban J connectivity index is 1.53. The molecule has 2 fully saturated rings. The van der Waals surface area contributed by atoms with E-state index in [-0.39, 0.29) is 5.41 Å². The van der Waals surface area contributed by atoms with Crippen LogP contribution < -0.4 is 0 Å². The molecule has 1 spiro atoms. The first kappa shape index (κ1) is 18.6. The fraction of sp³-hybridized carbons (Fsp3) is 0.700. The van der Waals surface area contributed by atoms with E-state index in [4.69, 9.17) is 4.74 Å². The van der Waals surface area contributed by atoms with E-state index in [2.05, 4.69) is 23.1 Å². The van der Waals surface area contributed by atoms with Gasteiger partial charge in [0.1, 0.15) is 16.7 Å². The number of rotatable bonds is 3. The Kier molecular flexibility index (Phi) is 5.23. The van der Waals surface area contributed by atoms with E-state index in [9.17, 15) is 8.76 Å². The van der Waals surface area contributed by atoms with Gasteiger partial charge in [0.05, 0.1) is 13.1 Å². The zero-order chi connectivity index (χ0) is 18.2. The highest BCUT2D eigenvalue weighted by atomic mass is 32.3. The summed E-state index contributed by atoms with van der Waals surface area (Å²) < 4.78 is 32.0. The van der Waals surface area contributed by atoms with Crippen molar-refractivity contribution in [3.8, 4) is 0 Å². The molecule has 3 aliphatic heterocycles. The smallest absolute Gasteiger partial charge is 0.122 e. The van der Waals surface area contributed by atoms with E-state index in [1.807, 2.05) is 6.07 Å². The van der Waals surface area contributed by atoms with Crippen molar-refractivity contribution >= 4 is 10.4 Å². The van der Waals surface area contributed by atoms with Gasteiger partial charge in [0, 0.05) is 31.7 Å². The number of fused-ring (bicyclic) bond motifs is 1. The first-order valence-electron chi connectivity index (χ1n) is 9.76. The maximum absolute atomic E-state index is 12.4. The van der Waals surface area contributed by atoms with Gasteiger partial charge in [-0.1, -0.05) is 28.5 Å². The molecule has 2 unspecified atom stereocenters. The van der Waals surface area contributed by atoms with Crippen molar-refractivity contribution in [2.75, 3.05) is 45.6 Å². The van der Waals surface area contributed by atoms with Crippen molar-refractivity contribution in [2.24, 2.45) is 11.3 Å².